The van der Waals surface area contributed by atoms with Crippen molar-refractivity contribution in [2.24, 2.45) is 0 Å². The number of ether oxygens (including phenoxy) is 1. The number of aromatic carboxylic acids is 1. The van der Waals surface area contributed by atoms with Gasteiger partial charge in [0.05, 0.1) is 24.0 Å². The summed E-state index contributed by atoms with van der Waals surface area (Å²) >= 11 is 0. The zero-order valence-corrected chi connectivity index (χ0v) is 10.2. The SMILES string of the molecule is COc1ccccc1Nc1ccc(F)cc1C(=O)O. The van der Waals surface area contributed by atoms with Crippen LogP contribution in [-0.4, -0.2) is 18.2 Å². The molecule has 0 unspecified atom stereocenters. The molecule has 0 aromatic heterocycles. The molecule has 0 saturated carbocycles. The molecule has 0 amide bonds. The van der Waals surface area contributed by atoms with Gasteiger partial charge in [-0.1, -0.05) is 12.1 Å². The minimum Gasteiger partial charge on any atom is -0.495 e. The molecule has 0 atom stereocenters. The van der Waals surface area contributed by atoms with E-state index in [-0.39, 0.29) is 5.56 Å². The van der Waals surface area contributed by atoms with E-state index < -0.39 is 11.8 Å². The van der Waals surface area contributed by atoms with Crippen molar-refractivity contribution >= 4 is 17.3 Å². The molecule has 0 aliphatic rings. The topological polar surface area (TPSA) is 58.6 Å². The van der Waals surface area contributed by atoms with Crippen molar-refractivity contribution in [2.45, 2.75) is 0 Å². The van der Waals surface area contributed by atoms with Crippen molar-refractivity contribution in [3.63, 3.8) is 0 Å². The Morgan fingerprint density at radius 2 is 1.95 bits per heavy atom. The first-order valence-corrected chi connectivity index (χ1v) is 5.54. The lowest BCUT2D eigenvalue weighted by molar-refractivity contribution is 0.0697. The van der Waals surface area contributed by atoms with Crippen LogP contribution in [0.5, 0.6) is 5.75 Å². The van der Waals surface area contributed by atoms with Crippen LogP contribution in [0.1, 0.15) is 10.4 Å². The first-order valence-electron chi connectivity index (χ1n) is 5.54. The molecular formula is C14H12FNO3. The van der Waals surface area contributed by atoms with Crippen LogP contribution < -0.4 is 10.1 Å². The molecule has 5 heteroatoms. The van der Waals surface area contributed by atoms with E-state index in [4.69, 9.17) is 9.84 Å². The summed E-state index contributed by atoms with van der Waals surface area (Å²) in [5, 5.41) is 12.0. The highest BCUT2D eigenvalue weighted by Crippen LogP contribution is 2.29. The second-order valence-corrected chi connectivity index (χ2v) is 3.82. The standard InChI is InChI=1S/C14H12FNO3/c1-19-13-5-3-2-4-12(13)16-11-7-6-9(15)8-10(11)14(17)18/h2-8,16H,1H3,(H,17,18). The quantitative estimate of drug-likeness (QED) is 0.886. The zero-order valence-electron chi connectivity index (χ0n) is 10.2. The van der Waals surface area contributed by atoms with Crippen LogP contribution in [0.2, 0.25) is 0 Å². The fourth-order valence-corrected chi connectivity index (χ4v) is 1.70. The number of rotatable bonds is 4. The highest BCUT2D eigenvalue weighted by atomic mass is 19.1. The molecule has 0 spiro atoms. The summed E-state index contributed by atoms with van der Waals surface area (Å²) in [5.74, 6) is -1.22. The number of nitrogens with one attached hydrogen (secondary N) is 1. The Hall–Kier alpha value is -2.56. The summed E-state index contributed by atoms with van der Waals surface area (Å²) in [7, 11) is 1.52. The highest BCUT2D eigenvalue weighted by Gasteiger charge is 2.12. The Morgan fingerprint density at radius 3 is 2.63 bits per heavy atom. The Bertz CT molecular complexity index is 613. The van der Waals surface area contributed by atoms with Crippen LogP contribution in [0.3, 0.4) is 0 Å². The normalized spacial score (nSPS) is 10.0. The second kappa shape index (κ2) is 5.39. The van der Waals surface area contributed by atoms with Crippen LogP contribution in [0.15, 0.2) is 42.5 Å². The largest absolute Gasteiger partial charge is 0.495 e. The molecule has 2 aromatic rings. The lowest BCUT2D eigenvalue weighted by Gasteiger charge is -2.12. The van der Waals surface area contributed by atoms with Crippen molar-refractivity contribution in [2.75, 3.05) is 12.4 Å². The number of hydrogen-bond acceptors (Lipinski definition) is 3. The molecule has 0 aliphatic carbocycles. The predicted molar refractivity (Wildman–Crippen MR) is 69.6 cm³/mol. The van der Waals surface area contributed by atoms with Gasteiger partial charge in [0.25, 0.3) is 0 Å². The van der Waals surface area contributed by atoms with E-state index in [0.717, 1.165) is 6.07 Å². The molecule has 19 heavy (non-hydrogen) atoms. The lowest BCUT2D eigenvalue weighted by Crippen LogP contribution is -2.04. The number of para-hydroxylation sites is 2. The average molecular weight is 261 g/mol. The van der Waals surface area contributed by atoms with Gasteiger partial charge in [-0.05, 0) is 30.3 Å². The average Bonchev–Trinajstić information content (AvgIpc) is 2.41. The van der Waals surface area contributed by atoms with Crippen LogP contribution in [-0.2, 0) is 0 Å². The fourth-order valence-electron chi connectivity index (χ4n) is 1.70. The summed E-state index contributed by atoms with van der Waals surface area (Å²) in [4.78, 5) is 11.1. The van der Waals surface area contributed by atoms with Gasteiger partial charge in [-0.3, -0.25) is 0 Å². The zero-order chi connectivity index (χ0) is 13.8. The number of halogens is 1. The van der Waals surface area contributed by atoms with Gasteiger partial charge in [0.2, 0.25) is 0 Å². The number of anilines is 2. The number of benzene rings is 2. The fraction of sp³-hybridized carbons (Fsp3) is 0.0714. The van der Waals surface area contributed by atoms with Crippen molar-refractivity contribution in [3.05, 3.63) is 53.8 Å². The van der Waals surface area contributed by atoms with Crippen molar-refractivity contribution in [1.82, 2.24) is 0 Å². The minimum absolute atomic E-state index is 0.133. The third-order valence-electron chi connectivity index (χ3n) is 2.59. The summed E-state index contributed by atoms with van der Waals surface area (Å²) in [6.45, 7) is 0. The molecule has 2 N–H and O–H groups in total. The van der Waals surface area contributed by atoms with E-state index in [2.05, 4.69) is 5.32 Å². The van der Waals surface area contributed by atoms with Crippen LogP contribution in [0.4, 0.5) is 15.8 Å². The third kappa shape index (κ3) is 2.82. The first-order chi connectivity index (χ1) is 9.11. The van der Waals surface area contributed by atoms with E-state index in [9.17, 15) is 9.18 Å². The molecule has 2 rings (SSSR count). The molecule has 98 valence electrons. The third-order valence-corrected chi connectivity index (χ3v) is 2.59. The molecule has 0 radical (unpaired) electrons. The van der Waals surface area contributed by atoms with E-state index in [1.165, 1.54) is 19.2 Å². The predicted octanol–water partition coefficient (Wildman–Crippen LogP) is 3.28. The Labute approximate surface area is 109 Å². The number of methoxy groups -OCH3 is 1. The lowest BCUT2D eigenvalue weighted by atomic mass is 10.1. The van der Waals surface area contributed by atoms with Crippen molar-refractivity contribution in [3.8, 4) is 5.75 Å². The van der Waals surface area contributed by atoms with Gasteiger partial charge in [0.1, 0.15) is 11.6 Å². The second-order valence-electron chi connectivity index (χ2n) is 3.82. The van der Waals surface area contributed by atoms with Gasteiger partial charge in [-0.2, -0.15) is 0 Å². The van der Waals surface area contributed by atoms with Crippen molar-refractivity contribution in [1.29, 1.82) is 0 Å². The molecule has 0 saturated heterocycles. The van der Waals surface area contributed by atoms with Crippen LogP contribution in [0.25, 0.3) is 0 Å². The molecule has 2 aromatic carbocycles. The summed E-state index contributed by atoms with van der Waals surface area (Å²) in [5.41, 5.74) is 0.781. The van der Waals surface area contributed by atoms with Gasteiger partial charge in [0.15, 0.2) is 0 Å². The van der Waals surface area contributed by atoms with Gasteiger partial charge < -0.3 is 15.2 Å². The number of carboxylic acid groups (broad SMARTS) is 1. The van der Waals surface area contributed by atoms with E-state index >= 15 is 0 Å². The molecule has 4 nitrogen and oxygen atoms in total. The Balaban J connectivity index is 2.41. The summed E-state index contributed by atoms with van der Waals surface area (Å²) in [6.07, 6.45) is 0. The Morgan fingerprint density at radius 1 is 1.21 bits per heavy atom. The number of carbonyl (C=O) groups is 1. The maximum atomic E-state index is 13.1. The number of carboxylic acids is 1. The van der Waals surface area contributed by atoms with Crippen LogP contribution in [0, 0.1) is 5.82 Å². The van der Waals surface area contributed by atoms with E-state index in [1.54, 1.807) is 24.3 Å². The van der Waals surface area contributed by atoms with Gasteiger partial charge in [-0.15, -0.1) is 0 Å². The minimum atomic E-state index is -1.20. The molecule has 0 bridgehead atoms. The molecule has 0 aliphatic heterocycles. The molecular weight excluding hydrogens is 249 g/mol. The van der Waals surface area contributed by atoms with Crippen molar-refractivity contribution < 1.29 is 19.0 Å². The van der Waals surface area contributed by atoms with Gasteiger partial charge in [0, 0.05) is 0 Å². The van der Waals surface area contributed by atoms with Gasteiger partial charge >= 0.3 is 5.97 Å². The number of hydrogen-bond donors (Lipinski definition) is 2. The smallest absolute Gasteiger partial charge is 0.337 e. The van der Waals surface area contributed by atoms with E-state index in [0.29, 0.717) is 17.1 Å². The maximum absolute atomic E-state index is 13.1. The van der Waals surface area contributed by atoms with Gasteiger partial charge in [-0.25, -0.2) is 9.18 Å². The molecule has 0 heterocycles. The Kier molecular flexibility index (Phi) is 3.66. The van der Waals surface area contributed by atoms with E-state index in [1.807, 2.05) is 0 Å². The monoisotopic (exact) mass is 261 g/mol. The molecule has 0 fully saturated rings. The first kappa shape index (κ1) is 12.9. The maximum Gasteiger partial charge on any atom is 0.337 e. The summed E-state index contributed by atoms with van der Waals surface area (Å²) < 4.78 is 18.2. The highest BCUT2D eigenvalue weighted by molar-refractivity contribution is 5.95. The van der Waals surface area contributed by atoms with Crippen LogP contribution >= 0.6 is 0 Å². The summed E-state index contributed by atoms with van der Waals surface area (Å²) in [6, 6.07) is 10.6.